The summed E-state index contributed by atoms with van der Waals surface area (Å²) < 4.78 is 5.55. The summed E-state index contributed by atoms with van der Waals surface area (Å²) in [6.07, 6.45) is 1.85. The van der Waals surface area contributed by atoms with Crippen LogP contribution in [0.15, 0.2) is 33.7 Å². The quantitative estimate of drug-likeness (QED) is 0.721. The van der Waals surface area contributed by atoms with Crippen molar-refractivity contribution < 1.29 is 9.53 Å². The maximum absolute atomic E-state index is 11.9. The second-order valence-corrected chi connectivity index (χ2v) is 8.67. The molecule has 0 radical (unpaired) electrons. The van der Waals surface area contributed by atoms with Gasteiger partial charge in [-0.3, -0.25) is 14.5 Å². The summed E-state index contributed by atoms with van der Waals surface area (Å²) >= 11 is 3.49. The van der Waals surface area contributed by atoms with Gasteiger partial charge in [-0.05, 0) is 56.8 Å². The SMILES string of the molecule is CC(C)(C)OC=O.C[C@H]1CN(Cc2c[nH]c(=O)c3ccc(Br)cc23)CCN1. The van der Waals surface area contributed by atoms with Crippen LogP contribution in [0.2, 0.25) is 0 Å². The Labute approximate surface area is 168 Å². The minimum absolute atomic E-state index is 0.0232. The van der Waals surface area contributed by atoms with Gasteiger partial charge in [0.2, 0.25) is 0 Å². The molecule has 1 aromatic carbocycles. The zero-order valence-electron chi connectivity index (χ0n) is 16.3. The molecule has 1 aliphatic heterocycles. The first-order valence-electron chi connectivity index (χ1n) is 9.06. The Hall–Kier alpha value is -1.70. The molecule has 1 fully saturated rings. The molecule has 2 N–H and O–H groups in total. The number of nitrogens with zero attached hydrogens (tertiary/aromatic N) is 1. The van der Waals surface area contributed by atoms with Crippen molar-refractivity contribution in [2.24, 2.45) is 0 Å². The average Bonchev–Trinajstić information content (AvgIpc) is 2.57. The number of halogens is 1. The Kier molecular flexibility index (Phi) is 7.59. The largest absolute Gasteiger partial charge is 0.462 e. The topological polar surface area (TPSA) is 74.4 Å². The molecule has 1 aromatic heterocycles. The van der Waals surface area contributed by atoms with Crippen molar-refractivity contribution in [2.45, 2.75) is 45.9 Å². The molecule has 1 atom stereocenters. The van der Waals surface area contributed by atoms with Crippen LogP contribution < -0.4 is 10.9 Å². The number of ether oxygens (including phenoxy) is 1. The van der Waals surface area contributed by atoms with Gasteiger partial charge >= 0.3 is 0 Å². The van der Waals surface area contributed by atoms with Crippen LogP contribution in [0.1, 0.15) is 33.3 Å². The molecule has 27 heavy (non-hydrogen) atoms. The third-order valence-corrected chi connectivity index (χ3v) is 4.69. The number of pyridine rings is 1. The van der Waals surface area contributed by atoms with E-state index >= 15 is 0 Å². The zero-order chi connectivity index (χ0) is 20.0. The third-order valence-electron chi connectivity index (χ3n) is 4.20. The molecule has 2 heterocycles. The molecular weight excluding hydrogens is 410 g/mol. The number of benzene rings is 1. The van der Waals surface area contributed by atoms with Crippen LogP contribution in [0.3, 0.4) is 0 Å². The summed E-state index contributed by atoms with van der Waals surface area (Å²) in [5.41, 5.74) is 0.835. The van der Waals surface area contributed by atoms with Gasteiger partial charge in [0, 0.05) is 48.3 Å². The number of carbonyl (C=O) groups excluding carboxylic acids is 1. The number of H-pyrrole nitrogens is 1. The van der Waals surface area contributed by atoms with E-state index < -0.39 is 0 Å². The first kappa shape index (κ1) is 21.6. The molecule has 1 saturated heterocycles. The lowest BCUT2D eigenvalue weighted by Gasteiger charge is -2.32. The van der Waals surface area contributed by atoms with Crippen LogP contribution in [0.5, 0.6) is 0 Å². The van der Waals surface area contributed by atoms with Gasteiger partial charge in [0.05, 0.1) is 0 Å². The second-order valence-electron chi connectivity index (χ2n) is 7.75. The smallest absolute Gasteiger partial charge is 0.293 e. The number of aromatic amines is 1. The molecule has 0 saturated carbocycles. The molecule has 0 amide bonds. The molecule has 1 aliphatic rings. The number of rotatable bonds is 3. The lowest BCUT2D eigenvalue weighted by Crippen LogP contribution is -2.48. The van der Waals surface area contributed by atoms with Crippen LogP contribution in [0, 0.1) is 0 Å². The molecule has 3 rings (SSSR count). The monoisotopic (exact) mass is 437 g/mol. The number of fused-ring (bicyclic) bond motifs is 1. The normalized spacial score (nSPS) is 17.9. The number of nitrogens with one attached hydrogen (secondary N) is 2. The summed E-state index contributed by atoms with van der Waals surface area (Å²) in [6, 6.07) is 6.34. The highest BCUT2D eigenvalue weighted by molar-refractivity contribution is 9.10. The van der Waals surface area contributed by atoms with Crippen molar-refractivity contribution in [2.75, 3.05) is 19.6 Å². The van der Waals surface area contributed by atoms with Crippen LogP contribution >= 0.6 is 15.9 Å². The number of aromatic nitrogens is 1. The van der Waals surface area contributed by atoms with Gasteiger partial charge in [0.15, 0.2) is 0 Å². The second kappa shape index (κ2) is 9.48. The van der Waals surface area contributed by atoms with Gasteiger partial charge in [-0.25, -0.2) is 0 Å². The van der Waals surface area contributed by atoms with Crippen molar-refractivity contribution in [1.82, 2.24) is 15.2 Å². The molecule has 2 aromatic rings. The number of hydrogen-bond donors (Lipinski definition) is 2. The van der Waals surface area contributed by atoms with Gasteiger partial charge in [0.1, 0.15) is 5.60 Å². The highest BCUT2D eigenvalue weighted by atomic mass is 79.9. The van der Waals surface area contributed by atoms with Crippen LogP contribution in [0.4, 0.5) is 0 Å². The van der Waals surface area contributed by atoms with Gasteiger partial charge in [0.25, 0.3) is 12.0 Å². The van der Waals surface area contributed by atoms with E-state index in [4.69, 9.17) is 0 Å². The van der Waals surface area contributed by atoms with Crippen molar-refractivity contribution in [3.8, 4) is 0 Å². The lowest BCUT2D eigenvalue weighted by molar-refractivity contribution is -0.138. The Balaban J connectivity index is 0.000000321. The number of piperazine rings is 1. The minimum Gasteiger partial charge on any atom is -0.462 e. The van der Waals surface area contributed by atoms with E-state index in [2.05, 4.69) is 42.8 Å². The molecule has 0 aliphatic carbocycles. The highest BCUT2D eigenvalue weighted by Gasteiger charge is 2.17. The Bertz CT molecular complexity index is 829. The predicted molar refractivity (Wildman–Crippen MR) is 112 cm³/mol. The summed E-state index contributed by atoms with van der Waals surface area (Å²) in [4.78, 5) is 26.8. The summed E-state index contributed by atoms with van der Waals surface area (Å²) in [5.74, 6) is 0. The van der Waals surface area contributed by atoms with Crippen LogP contribution in [-0.4, -0.2) is 47.6 Å². The maximum Gasteiger partial charge on any atom is 0.293 e. The first-order chi connectivity index (χ1) is 12.7. The fourth-order valence-corrected chi connectivity index (χ4v) is 3.32. The molecule has 7 heteroatoms. The van der Waals surface area contributed by atoms with Crippen molar-refractivity contribution in [3.05, 3.63) is 44.8 Å². The standard InChI is InChI=1S/C15H18BrN3O.C5H10O2/c1-10-8-19(5-4-17-10)9-11-7-18-15(20)13-3-2-12(16)6-14(11)13;1-5(2,3)7-4-6/h2-3,6-7,10,17H,4-5,8-9H2,1H3,(H,18,20);4H,1-3H3/t10-;/m0./s1. The van der Waals surface area contributed by atoms with Crippen molar-refractivity contribution in [3.63, 3.8) is 0 Å². The van der Waals surface area contributed by atoms with E-state index in [1.807, 2.05) is 45.2 Å². The molecule has 0 spiro atoms. The van der Waals surface area contributed by atoms with Crippen LogP contribution in [-0.2, 0) is 16.1 Å². The van der Waals surface area contributed by atoms with Gasteiger partial charge in [-0.2, -0.15) is 0 Å². The van der Waals surface area contributed by atoms with E-state index in [1.165, 1.54) is 5.56 Å². The third kappa shape index (κ3) is 6.75. The van der Waals surface area contributed by atoms with Gasteiger partial charge in [-0.1, -0.05) is 15.9 Å². The Morgan fingerprint density at radius 3 is 2.67 bits per heavy atom. The molecule has 0 bridgehead atoms. The molecule has 6 nitrogen and oxygen atoms in total. The fraction of sp³-hybridized carbons (Fsp3) is 0.500. The first-order valence-corrected chi connectivity index (χ1v) is 9.86. The predicted octanol–water partition coefficient (Wildman–Crippen LogP) is 3.04. The zero-order valence-corrected chi connectivity index (χ0v) is 17.9. The van der Waals surface area contributed by atoms with Crippen molar-refractivity contribution in [1.29, 1.82) is 0 Å². The summed E-state index contributed by atoms with van der Waals surface area (Å²) in [7, 11) is 0. The fourth-order valence-electron chi connectivity index (χ4n) is 2.96. The van der Waals surface area contributed by atoms with E-state index in [0.717, 1.165) is 41.4 Å². The van der Waals surface area contributed by atoms with E-state index in [1.54, 1.807) is 0 Å². The van der Waals surface area contributed by atoms with Gasteiger partial charge in [-0.15, -0.1) is 0 Å². The molecular formula is C20H28BrN3O3. The summed E-state index contributed by atoms with van der Waals surface area (Å²) in [5, 5.41) is 5.24. The highest BCUT2D eigenvalue weighted by Crippen LogP contribution is 2.21. The lowest BCUT2D eigenvalue weighted by atomic mass is 10.1. The van der Waals surface area contributed by atoms with E-state index in [-0.39, 0.29) is 11.2 Å². The van der Waals surface area contributed by atoms with Gasteiger partial charge < -0.3 is 15.0 Å². The number of hydrogen-bond acceptors (Lipinski definition) is 5. The number of carbonyl (C=O) groups is 1. The summed E-state index contributed by atoms with van der Waals surface area (Å²) in [6.45, 7) is 12.1. The minimum atomic E-state index is -0.318. The maximum atomic E-state index is 11.9. The Morgan fingerprint density at radius 1 is 1.33 bits per heavy atom. The average molecular weight is 438 g/mol. The molecule has 148 valence electrons. The molecule has 0 unspecified atom stereocenters. The van der Waals surface area contributed by atoms with Crippen molar-refractivity contribution >= 4 is 33.2 Å². The van der Waals surface area contributed by atoms with E-state index in [9.17, 15) is 9.59 Å². The Morgan fingerprint density at radius 2 is 2.07 bits per heavy atom. The van der Waals surface area contributed by atoms with E-state index in [0.29, 0.717) is 12.5 Å². The van der Waals surface area contributed by atoms with Crippen LogP contribution in [0.25, 0.3) is 10.8 Å².